The second kappa shape index (κ2) is 5.96. The highest BCUT2D eigenvalue weighted by molar-refractivity contribution is 7.14. The molecule has 0 saturated carbocycles. The van der Waals surface area contributed by atoms with Crippen molar-refractivity contribution in [1.82, 2.24) is 9.88 Å². The van der Waals surface area contributed by atoms with Crippen LogP contribution in [0.15, 0.2) is 5.38 Å². The third kappa shape index (κ3) is 3.30. The molecule has 106 valence electrons. The molecule has 1 aliphatic heterocycles. The molecule has 0 aliphatic carbocycles. The van der Waals surface area contributed by atoms with Gasteiger partial charge in [-0.05, 0) is 6.92 Å². The number of aromatic nitrogens is 1. The number of aliphatic hydroxyl groups is 2. The van der Waals surface area contributed by atoms with Crippen LogP contribution in [0.3, 0.4) is 0 Å². The van der Waals surface area contributed by atoms with Gasteiger partial charge in [-0.2, -0.15) is 0 Å². The van der Waals surface area contributed by atoms with E-state index in [1.54, 1.807) is 4.90 Å². The Hall–Kier alpha value is -1.02. The zero-order valence-corrected chi connectivity index (χ0v) is 11.9. The third-order valence-corrected chi connectivity index (χ3v) is 4.10. The summed E-state index contributed by atoms with van der Waals surface area (Å²) in [5.74, 6) is -0.0181. The van der Waals surface area contributed by atoms with Crippen molar-refractivity contribution in [3.05, 3.63) is 11.1 Å². The highest BCUT2D eigenvalue weighted by atomic mass is 32.1. The van der Waals surface area contributed by atoms with Crippen molar-refractivity contribution in [2.24, 2.45) is 0 Å². The minimum Gasteiger partial charge on any atom is -0.389 e. The van der Waals surface area contributed by atoms with Crippen LogP contribution in [-0.4, -0.2) is 57.8 Å². The Bertz CT molecular complexity index is 441. The first-order valence-electron chi connectivity index (χ1n) is 6.32. The van der Waals surface area contributed by atoms with Gasteiger partial charge in [0.1, 0.15) is 0 Å². The molecule has 2 heterocycles. The highest BCUT2D eigenvalue weighted by Crippen LogP contribution is 2.22. The Balaban J connectivity index is 2.00. The van der Waals surface area contributed by atoms with Gasteiger partial charge < -0.3 is 10.2 Å². The molecule has 7 heteroatoms. The van der Waals surface area contributed by atoms with E-state index in [-0.39, 0.29) is 5.91 Å². The number of aliphatic hydroxyl groups excluding tert-OH is 2. The van der Waals surface area contributed by atoms with Crippen LogP contribution in [0.5, 0.6) is 0 Å². The first kappa shape index (κ1) is 14.4. The van der Waals surface area contributed by atoms with Crippen molar-refractivity contribution in [1.29, 1.82) is 0 Å². The zero-order valence-electron chi connectivity index (χ0n) is 11.1. The molecule has 2 atom stereocenters. The molecule has 1 amide bonds. The average molecular weight is 285 g/mol. The monoisotopic (exact) mass is 285 g/mol. The number of anilines is 1. The fourth-order valence-electron chi connectivity index (χ4n) is 2.19. The topological polar surface area (TPSA) is 76.9 Å². The minimum absolute atomic E-state index is 0.0181. The van der Waals surface area contributed by atoms with Crippen molar-refractivity contribution >= 4 is 22.4 Å². The summed E-state index contributed by atoms with van der Waals surface area (Å²) in [6.07, 6.45) is -1.36. The van der Waals surface area contributed by atoms with Gasteiger partial charge >= 0.3 is 0 Å². The van der Waals surface area contributed by atoms with Gasteiger partial charge in [-0.15, -0.1) is 11.3 Å². The Morgan fingerprint density at radius 2 is 2.16 bits per heavy atom. The minimum atomic E-state index is -0.678. The zero-order chi connectivity index (χ0) is 14.0. The molecule has 0 unspecified atom stereocenters. The van der Waals surface area contributed by atoms with E-state index in [4.69, 9.17) is 0 Å². The Kier molecular flexibility index (Phi) is 4.51. The molecule has 6 nitrogen and oxygen atoms in total. The van der Waals surface area contributed by atoms with E-state index in [0.29, 0.717) is 31.3 Å². The van der Waals surface area contributed by atoms with Crippen LogP contribution in [0.1, 0.15) is 19.5 Å². The second-order valence-corrected chi connectivity index (χ2v) is 5.55. The van der Waals surface area contributed by atoms with Gasteiger partial charge in [0.05, 0.1) is 17.9 Å². The molecule has 2 rings (SSSR count). The molecule has 0 radical (unpaired) electrons. The van der Waals surface area contributed by atoms with E-state index in [1.807, 2.05) is 17.2 Å². The van der Waals surface area contributed by atoms with Crippen molar-refractivity contribution in [2.75, 3.05) is 24.5 Å². The average Bonchev–Trinajstić information content (AvgIpc) is 2.88. The molecule has 2 N–H and O–H groups in total. The van der Waals surface area contributed by atoms with Gasteiger partial charge in [-0.3, -0.25) is 14.6 Å². The summed E-state index contributed by atoms with van der Waals surface area (Å²) in [6, 6.07) is 0. The Labute approximate surface area is 116 Å². The summed E-state index contributed by atoms with van der Waals surface area (Å²) in [5.41, 5.74) is 0.862. The smallest absolute Gasteiger partial charge is 0.225 e. The lowest BCUT2D eigenvalue weighted by atomic mass is 10.3. The van der Waals surface area contributed by atoms with Crippen LogP contribution < -0.4 is 4.90 Å². The van der Waals surface area contributed by atoms with Gasteiger partial charge in [0.25, 0.3) is 0 Å². The first-order chi connectivity index (χ1) is 9.01. The van der Waals surface area contributed by atoms with Crippen molar-refractivity contribution in [3.63, 3.8) is 0 Å². The summed E-state index contributed by atoms with van der Waals surface area (Å²) in [5, 5.41) is 21.6. The quantitative estimate of drug-likeness (QED) is 0.817. The van der Waals surface area contributed by atoms with Crippen LogP contribution >= 0.6 is 11.3 Å². The van der Waals surface area contributed by atoms with E-state index in [1.165, 1.54) is 18.3 Å². The van der Waals surface area contributed by atoms with Crippen LogP contribution in [0.25, 0.3) is 0 Å². The van der Waals surface area contributed by atoms with Crippen molar-refractivity contribution < 1.29 is 15.0 Å². The highest BCUT2D eigenvalue weighted by Gasteiger charge is 2.29. The van der Waals surface area contributed by atoms with Crippen LogP contribution in [-0.2, 0) is 11.3 Å². The number of carbonyl (C=O) groups is 1. The van der Waals surface area contributed by atoms with Crippen LogP contribution in [0.2, 0.25) is 0 Å². The summed E-state index contributed by atoms with van der Waals surface area (Å²) in [4.78, 5) is 19.4. The standard InChI is InChI=1S/C12H19N3O3S/c1-3-15(8(2)16)12-13-9(7-19-12)4-14-5-10(17)11(18)6-14/h7,10-11,17-18H,3-6H2,1-2H3/t10-,11+. The van der Waals surface area contributed by atoms with E-state index in [9.17, 15) is 15.0 Å². The maximum atomic E-state index is 11.4. The molecule has 0 bridgehead atoms. The largest absolute Gasteiger partial charge is 0.389 e. The first-order valence-corrected chi connectivity index (χ1v) is 7.20. The van der Waals surface area contributed by atoms with E-state index in [2.05, 4.69) is 4.98 Å². The lowest BCUT2D eigenvalue weighted by Crippen LogP contribution is -2.28. The molecular formula is C12H19N3O3S. The van der Waals surface area contributed by atoms with Gasteiger partial charge in [-0.1, -0.05) is 0 Å². The van der Waals surface area contributed by atoms with Crippen LogP contribution in [0, 0.1) is 0 Å². The Morgan fingerprint density at radius 3 is 2.68 bits per heavy atom. The predicted octanol–water partition coefficient (Wildman–Crippen LogP) is 0.0533. The van der Waals surface area contributed by atoms with E-state index < -0.39 is 12.2 Å². The maximum Gasteiger partial charge on any atom is 0.225 e. The number of carbonyl (C=O) groups excluding carboxylic acids is 1. The molecule has 1 aromatic heterocycles. The maximum absolute atomic E-state index is 11.4. The Morgan fingerprint density at radius 1 is 1.53 bits per heavy atom. The predicted molar refractivity (Wildman–Crippen MR) is 73.1 cm³/mol. The summed E-state index contributed by atoms with van der Waals surface area (Å²) in [6.45, 7) is 5.54. The number of hydrogen-bond donors (Lipinski definition) is 2. The molecule has 0 spiro atoms. The molecule has 0 aromatic carbocycles. The number of β-amino-alcohol motifs (C(OH)–C–C–N with tert-alkyl or cyclic N) is 2. The molecule has 1 aromatic rings. The molecule has 19 heavy (non-hydrogen) atoms. The summed E-state index contributed by atoms with van der Waals surface area (Å²) < 4.78 is 0. The van der Waals surface area contributed by atoms with E-state index >= 15 is 0 Å². The SMILES string of the molecule is CCN(C(C)=O)c1nc(CN2C[C@@H](O)[C@@H](O)C2)cs1. The normalized spacial score (nSPS) is 23.8. The fraction of sp³-hybridized carbons (Fsp3) is 0.667. The van der Waals surface area contributed by atoms with Crippen LogP contribution in [0.4, 0.5) is 5.13 Å². The number of thiazole rings is 1. The molecule has 1 aliphatic rings. The number of amides is 1. The van der Waals surface area contributed by atoms with Gasteiger partial charge in [0.2, 0.25) is 5.91 Å². The third-order valence-electron chi connectivity index (χ3n) is 3.19. The molecule has 1 fully saturated rings. The summed E-state index contributed by atoms with van der Waals surface area (Å²) >= 11 is 1.44. The van der Waals surface area contributed by atoms with Crippen molar-refractivity contribution in [2.45, 2.75) is 32.6 Å². The number of nitrogens with zero attached hydrogens (tertiary/aromatic N) is 3. The lowest BCUT2D eigenvalue weighted by molar-refractivity contribution is -0.116. The number of likely N-dealkylation sites (tertiary alicyclic amines) is 1. The van der Waals surface area contributed by atoms with Crippen molar-refractivity contribution in [3.8, 4) is 0 Å². The lowest BCUT2D eigenvalue weighted by Gasteiger charge is -2.15. The number of rotatable bonds is 4. The molecular weight excluding hydrogens is 266 g/mol. The summed E-state index contributed by atoms with van der Waals surface area (Å²) in [7, 11) is 0. The van der Waals surface area contributed by atoms with E-state index in [0.717, 1.165) is 5.69 Å². The van der Waals surface area contributed by atoms with Gasteiger partial charge in [0.15, 0.2) is 5.13 Å². The fourth-order valence-corrected chi connectivity index (χ4v) is 3.11. The van der Waals surface area contributed by atoms with Gasteiger partial charge in [-0.25, -0.2) is 4.98 Å². The molecule has 1 saturated heterocycles. The van der Waals surface area contributed by atoms with Gasteiger partial charge in [0, 0.05) is 38.5 Å². The second-order valence-electron chi connectivity index (χ2n) is 4.71. The number of hydrogen-bond acceptors (Lipinski definition) is 6.